The van der Waals surface area contributed by atoms with Crippen LogP contribution in [0.1, 0.15) is 26.4 Å². The lowest BCUT2D eigenvalue weighted by molar-refractivity contribution is 0.0994. The Hall–Kier alpha value is -2.97. The zero-order chi connectivity index (χ0) is 14.9. The molecule has 9 heteroatoms. The second kappa shape index (κ2) is 4.96. The molecule has 20 heavy (non-hydrogen) atoms. The number of aromatic nitrogens is 2. The first-order valence-corrected chi connectivity index (χ1v) is 5.39. The highest BCUT2D eigenvalue weighted by Crippen LogP contribution is 2.21. The van der Waals surface area contributed by atoms with Crippen LogP contribution >= 0.6 is 0 Å². The monoisotopic (exact) mass is 279 g/mol. The van der Waals surface area contributed by atoms with E-state index < -0.39 is 17.6 Å². The van der Waals surface area contributed by atoms with Crippen molar-refractivity contribution >= 4 is 23.3 Å². The van der Waals surface area contributed by atoms with Gasteiger partial charge < -0.3 is 16.8 Å². The second-order valence-electron chi connectivity index (χ2n) is 3.95. The zero-order valence-electron chi connectivity index (χ0n) is 10.3. The van der Waals surface area contributed by atoms with E-state index in [2.05, 4.69) is 20.3 Å². The lowest BCUT2D eigenvalue weighted by Crippen LogP contribution is -2.17. The van der Waals surface area contributed by atoms with Crippen molar-refractivity contribution in [2.45, 2.75) is 6.92 Å². The van der Waals surface area contributed by atoms with Crippen LogP contribution in [-0.2, 0) is 0 Å². The summed E-state index contributed by atoms with van der Waals surface area (Å²) in [6.45, 7) is 1.43. The Morgan fingerprint density at radius 2 is 2.05 bits per heavy atom. The third-order valence-corrected chi connectivity index (χ3v) is 2.61. The van der Waals surface area contributed by atoms with E-state index >= 15 is 0 Å². The van der Waals surface area contributed by atoms with Crippen LogP contribution in [0, 0.1) is 12.7 Å². The molecule has 0 unspecified atom stereocenters. The molecule has 2 rings (SSSR count). The number of nitrogens with one attached hydrogen (secondary N) is 1. The number of carbonyl (C=O) groups is 2. The van der Waals surface area contributed by atoms with Gasteiger partial charge in [-0.15, -0.1) is 0 Å². The van der Waals surface area contributed by atoms with Crippen LogP contribution in [0.2, 0.25) is 0 Å². The van der Waals surface area contributed by atoms with Gasteiger partial charge in [0.1, 0.15) is 5.82 Å². The number of amides is 2. The Morgan fingerprint density at radius 1 is 1.35 bits per heavy atom. The maximum Gasteiger partial charge on any atom is 0.281 e. The predicted molar refractivity (Wildman–Crippen MR) is 66.3 cm³/mol. The fourth-order valence-electron chi connectivity index (χ4n) is 1.49. The van der Waals surface area contributed by atoms with E-state index in [9.17, 15) is 14.0 Å². The number of hydrogen-bond donors (Lipinski definition) is 3. The van der Waals surface area contributed by atoms with Crippen LogP contribution in [0.3, 0.4) is 0 Å². The average Bonchev–Trinajstić information content (AvgIpc) is 2.80. The van der Waals surface area contributed by atoms with Crippen LogP contribution in [0.5, 0.6) is 0 Å². The van der Waals surface area contributed by atoms with Crippen LogP contribution in [0.15, 0.2) is 16.8 Å². The van der Waals surface area contributed by atoms with Gasteiger partial charge in [0.2, 0.25) is 17.4 Å². The third-order valence-electron chi connectivity index (χ3n) is 2.61. The first-order chi connectivity index (χ1) is 9.40. The minimum absolute atomic E-state index is 0.0744. The molecule has 0 bridgehead atoms. The highest BCUT2D eigenvalue weighted by molar-refractivity contribution is 6.06. The molecule has 2 amide bonds. The van der Waals surface area contributed by atoms with Gasteiger partial charge in [0, 0.05) is 16.8 Å². The van der Waals surface area contributed by atoms with E-state index in [1.165, 1.54) is 13.0 Å². The van der Waals surface area contributed by atoms with Crippen LogP contribution in [0.25, 0.3) is 0 Å². The normalized spacial score (nSPS) is 10.3. The van der Waals surface area contributed by atoms with Crippen molar-refractivity contribution in [1.82, 2.24) is 10.3 Å². The largest absolute Gasteiger partial charge is 0.379 e. The molecule has 1 aromatic carbocycles. The SMILES string of the molecule is Cc1c(F)cc(C(N)=O)cc1NC(=O)c1nonc1N. The van der Waals surface area contributed by atoms with E-state index in [-0.39, 0.29) is 28.3 Å². The number of halogens is 1. The van der Waals surface area contributed by atoms with Gasteiger partial charge in [-0.05, 0) is 29.4 Å². The van der Waals surface area contributed by atoms with Crippen molar-refractivity contribution < 1.29 is 18.6 Å². The van der Waals surface area contributed by atoms with Crippen molar-refractivity contribution in [2.24, 2.45) is 5.73 Å². The van der Waals surface area contributed by atoms with Crippen molar-refractivity contribution in [3.63, 3.8) is 0 Å². The van der Waals surface area contributed by atoms with Gasteiger partial charge in [0.15, 0.2) is 0 Å². The Kier molecular flexibility index (Phi) is 3.34. The highest BCUT2D eigenvalue weighted by Gasteiger charge is 2.18. The topological polar surface area (TPSA) is 137 Å². The van der Waals surface area contributed by atoms with Gasteiger partial charge >= 0.3 is 0 Å². The minimum atomic E-state index is -0.818. The van der Waals surface area contributed by atoms with Gasteiger partial charge in [0.05, 0.1) is 0 Å². The summed E-state index contributed by atoms with van der Waals surface area (Å²) in [5.74, 6) is -2.44. The number of nitrogens with zero attached hydrogens (tertiary/aromatic N) is 2. The summed E-state index contributed by atoms with van der Waals surface area (Å²) in [6, 6.07) is 2.24. The molecule has 0 saturated heterocycles. The van der Waals surface area contributed by atoms with Crippen molar-refractivity contribution in [3.8, 4) is 0 Å². The standard InChI is InChI=1S/C11H10FN5O3/c1-4-6(12)2-5(10(14)18)3-7(4)15-11(19)8-9(13)17-20-16-8/h2-3H,1H3,(H2,13,17)(H2,14,18)(H,15,19). The third kappa shape index (κ3) is 2.41. The molecule has 0 spiro atoms. The number of anilines is 2. The van der Waals surface area contributed by atoms with Crippen molar-refractivity contribution in [1.29, 1.82) is 0 Å². The molecule has 5 N–H and O–H groups in total. The number of rotatable bonds is 3. The molecule has 0 saturated carbocycles. The Labute approximate surface area is 111 Å². The summed E-state index contributed by atoms with van der Waals surface area (Å²) < 4.78 is 17.9. The number of nitrogen functional groups attached to an aromatic ring is 1. The van der Waals surface area contributed by atoms with Crippen LogP contribution in [-0.4, -0.2) is 22.1 Å². The van der Waals surface area contributed by atoms with Crippen molar-refractivity contribution in [2.75, 3.05) is 11.1 Å². The quantitative estimate of drug-likeness (QED) is 0.745. The molecule has 0 aliphatic carbocycles. The zero-order valence-corrected chi connectivity index (χ0v) is 10.3. The van der Waals surface area contributed by atoms with E-state index in [0.717, 1.165) is 6.07 Å². The summed E-state index contributed by atoms with van der Waals surface area (Å²) in [7, 11) is 0. The number of benzene rings is 1. The van der Waals surface area contributed by atoms with Gasteiger partial charge in [0.25, 0.3) is 5.91 Å². The molecule has 8 nitrogen and oxygen atoms in total. The Morgan fingerprint density at radius 3 is 2.60 bits per heavy atom. The molecule has 0 atom stereocenters. The number of hydrogen-bond acceptors (Lipinski definition) is 6. The smallest absolute Gasteiger partial charge is 0.281 e. The predicted octanol–water partition coefficient (Wildman–Crippen LogP) is 0.451. The molecule has 1 heterocycles. The summed E-state index contributed by atoms with van der Waals surface area (Å²) in [5, 5.41) is 8.92. The average molecular weight is 279 g/mol. The summed E-state index contributed by atoms with van der Waals surface area (Å²) >= 11 is 0. The first kappa shape index (κ1) is 13.5. The summed E-state index contributed by atoms with van der Waals surface area (Å²) in [4.78, 5) is 22.9. The maximum atomic E-state index is 13.6. The lowest BCUT2D eigenvalue weighted by Gasteiger charge is -2.09. The summed E-state index contributed by atoms with van der Waals surface area (Å²) in [6.07, 6.45) is 0. The molecule has 0 radical (unpaired) electrons. The van der Waals surface area contributed by atoms with E-state index in [0.29, 0.717) is 0 Å². The number of carbonyl (C=O) groups excluding carboxylic acids is 2. The fourth-order valence-corrected chi connectivity index (χ4v) is 1.49. The van der Waals surface area contributed by atoms with Gasteiger partial charge in [-0.25, -0.2) is 9.02 Å². The molecule has 0 aliphatic rings. The lowest BCUT2D eigenvalue weighted by atomic mass is 10.1. The van der Waals surface area contributed by atoms with E-state index in [1.807, 2.05) is 0 Å². The van der Waals surface area contributed by atoms with Gasteiger partial charge in [-0.2, -0.15) is 0 Å². The highest BCUT2D eigenvalue weighted by atomic mass is 19.1. The van der Waals surface area contributed by atoms with Crippen LogP contribution < -0.4 is 16.8 Å². The molecular formula is C11H10FN5O3. The molecule has 0 fully saturated rings. The number of primary amides is 1. The Balaban J connectivity index is 2.36. The maximum absolute atomic E-state index is 13.6. The van der Waals surface area contributed by atoms with E-state index in [1.54, 1.807) is 0 Å². The molecule has 1 aromatic heterocycles. The first-order valence-electron chi connectivity index (χ1n) is 5.39. The molecular weight excluding hydrogens is 269 g/mol. The van der Waals surface area contributed by atoms with Gasteiger partial charge in [-0.3, -0.25) is 9.59 Å². The van der Waals surface area contributed by atoms with Crippen LogP contribution in [0.4, 0.5) is 15.9 Å². The minimum Gasteiger partial charge on any atom is -0.379 e. The molecule has 2 aromatic rings. The van der Waals surface area contributed by atoms with Gasteiger partial charge in [-0.1, -0.05) is 0 Å². The van der Waals surface area contributed by atoms with E-state index in [4.69, 9.17) is 11.5 Å². The molecule has 0 aliphatic heterocycles. The Bertz CT molecular complexity index is 697. The molecule has 104 valence electrons. The summed E-state index contributed by atoms with van der Waals surface area (Å²) in [5.41, 5.74) is 10.3. The van der Waals surface area contributed by atoms with Crippen molar-refractivity contribution in [3.05, 3.63) is 34.8 Å². The number of nitrogens with two attached hydrogens (primary N) is 2. The fraction of sp³-hybridized carbons (Fsp3) is 0.0909. The second-order valence-corrected chi connectivity index (χ2v) is 3.95.